The van der Waals surface area contributed by atoms with Gasteiger partial charge < -0.3 is 29.7 Å². The van der Waals surface area contributed by atoms with Crippen LogP contribution in [0.2, 0.25) is 0 Å². The van der Waals surface area contributed by atoms with E-state index in [4.69, 9.17) is 14.2 Å². The Balaban J connectivity index is 2.09. The molecule has 0 saturated carbocycles. The van der Waals surface area contributed by atoms with Crippen molar-refractivity contribution in [2.24, 2.45) is 0 Å². The van der Waals surface area contributed by atoms with Crippen molar-refractivity contribution in [2.75, 3.05) is 33.7 Å². The summed E-state index contributed by atoms with van der Waals surface area (Å²) < 4.78 is 16.2. The molecule has 0 saturated heterocycles. The first-order valence-corrected chi connectivity index (χ1v) is 9.32. The summed E-state index contributed by atoms with van der Waals surface area (Å²) in [4.78, 5) is 27.1. The zero-order valence-electron chi connectivity index (χ0n) is 17.6. The van der Waals surface area contributed by atoms with Crippen molar-refractivity contribution < 1.29 is 23.8 Å². The summed E-state index contributed by atoms with van der Waals surface area (Å²) in [5.74, 6) is 0.976. The van der Waals surface area contributed by atoms with E-state index in [1.165, 1.54) is 26.2 Å². The van der Waals surface area contributed by atoms with Crippen LogP contribution in [-0.4, -0.2) is 45.2 Å². The number of hydrogen-bond acceptors (Lipinski definition) is 5. The van der Waals surface area contributed by atoms with E-state index >= 15 is 0 Å². The van der Waals surface area contributed by atoms with E-state index in [0.29, 0.717) is 39.8 Å². The average molecular weight is 411 g/mol. The summed E-state index contributed by atoms with van der Waals surface area (Å²) >= 11 is 0. The lowest BCUT2D eigenvalue weighted by atomic mass is 9.93. The van der Waals surface area contributed by atoms with Gasteiger partial charge in [0.25, 0.3) is 5.91 Å². The van der Waals surface area contributed by atoms with Crippen LogP contribution < -0.4 is 24.8 Å². The molecule has 1 unspecified atom stereocenters. The van der Waals surface area contributed by atoms with E-state index in [2.05, 4.69) is 10.6 Å². The summed E-state index contributed by atoms with van der Waals surface area (Å²) in [6.45, 7) is 1.74. The number of anilines is 1. The molecule has 2 aromatic carbocycles. The van der Waals surface area contributed by atoms with Gasteiger partial charge in [-0.05, 0) is 36.8 Å². The molecule has 1 aliphatic rings. The molecule has 0 aromatic heterocycles. The number of nitrogens with zero attached hydrogens (tertiary/aromatic N) is 1. The van der Waals surface area contributed by atoms with Gasteiger partial charge in [-0.2, -0.15) is 0 Å². The summed E-state index contributed by atoms with van der Waals surface area (Å²) in [5.41, 5.74) is 2.25. The van der Waals surface area contributed by atoms with Gasteiger partial charge in [0.1, 0.15) is 0 Å². The SMILES string of the molecule is COc1cc(C2NC(=O)N(C)C(C)=C2C(=O)Nc2ccccc2)cc(OC)c1OC. The van der Waals surface area contributed by atoms with Gasteiger partial charge in [0, 0.05) is 18.4 Å². The molecular weight excluding hydrogens is 386 g/mol. The molecule has 8 heteroatoms. The molecule has 0 radical (unpaired) electrons. The summed E-state index contributed by atoms with van der Waals surface area (Å²) in [5, 5.41) is 5.78. The fraction of sp³-hybridized carbons (Fsp3) is 0.273. The molecule has 1 heterocycles. The van der Waals surface area contributed by atoms with E-state index in [0.717, 1.165) is 0 Å². The summed E-state index contributed by atoms with van der Waals surface area (Å²) in [6.07, 6.45) is 0. The van der Waals surface area contributed by atoms with Gasteiger partial charge >= 0.3 is 6.03 Å². The van der Waals surface area contributed by atoms with Crippen LogP contribution in [0.1, 0.15) is 18.5 Å². The second kappa shape index (κ2) is 8.77. The number of para-hydroxylation sites is 1. The molecule has 0 aliphatic carbocycles. The Morgan fingerprint density at radius 3 is 2.17 bits per heavy atom. The maximum Gasteiger partial charge on any atom is 0.322 e. The van der Waals surface area contributed by atoms with E-state index < -0.39 is 6.04 Å². The predicted octanol–water partition coefficient (Wildman–Crippen LogP) is 3.32. The molecule has 3 amide bonds. The first-order valence-electron chi connectivity index (χ1n) is 9.32. The number of rotatable bonds is 6. The number of carbonyl (C=O) groups excluding carboxylic acids is 2. The van der Waals surface area contributed by atoms with Gasteiger partial charge in [0.15, 0.2) is 11.5 Å². The Labute approximate surface area is 175 Å². The van der Waals surface area contributed by atoms with E-state index in [9.17, 15) is 9.59 Å². The minimum absolute atomic E-state index is 0.315. The summed E-state index contributed by atoms with van der Waals surface area (Å²) in [7, 11) is 6.16. The Kier molecular flexibility index (Phi) is 6.15. The number of nitrogens with one attached hydrogen (secondary N) is 2. The van der Waals surface area contributed by atoms with Gasteiger partial charge in [0.2, 0.25) is 5.75 Å². The van der Waals surface area contributed by atoms with Crippen LogP contribution in [0.15, 0.2) is 53.7 Å². The van der Waals surface area contributed by atoms with Gasteiger partial charge in [-0.1, -0.05) is 18.2 Å². The topological polar surface area (TPSA) is 89.1 Å². The number of benzene rings is 2. The molecule has 0 bridgehead atoms. The number of methoxy groups -OCH3 is 3. The van der Waals surface area contributed by atoms with E-state index in [1.807, 2.05) is 18.2 Å². The highest BCUT2D eigenvalue weighted by atomic mass is 16.5. The minimum Gasteiger partial charge on any atom is -0.493 e. The Bertz CT molecular complexity index is 963. The second-order valence-electron chi connectivity index (χ2n) is 6.72. The van der Waals surface area contributed by atoms with Gasteiger partial charge in [-0.3, -0.25) is 4.79 Å². The first-order chi connectivity index (χ1) is 14.4. The van der Waals surface area contributed by atoms with E-state index in [1.54, 1.807) is 38.2 Å². The number of amides is 3. The van der Waals surface area contributed by atoms with Crippen LogP contribution in [0.4, 0.5) is 10.5 Å². The monoisotopic (exact) mass is 411 g/mol. The van der Waals surface area contributed by atoms with Crippen molar-refractivity contribution in [1.82, 2.24) is 10.2 Å². The Morgan fingerprint density at radius 2 is 1.63 bits per heavy atom. The fourth-order valence-corrected chi connectivity index (χ4v) is 3.37. The molecule has 2 aromatic rings. The molecule has 3 rings (SSSR count). The molecule has 1 aliphatic heterocycles. The zero-order chi connectivity index (χ0) is 21.8. The average Bonchev–Trinajstić information content (AvgIpc) is 2.76. The lowest BCUT2D eigenvalue weighted by Gasteiger charge is -2.34. The first kappa shape index (κ1) is 21.0. The quantitative estimate of drug-likeness (QED) is 0.761. The maximum absolute atomic E-state index is 13.2. The second-order valence-corrected chi connectivity index (χ2v) is 6.72. The Morgan fingerprint density at radius 1 is 1.03 bits per heavy atom. The number of ether oxygens (including phenoxy) is 3. The third-order valence-corrected chi connectivity index (χ3v) is 5.05. The highest BCUT2D eigenvalue weighted by Gasteiger charge is 2.35. The van der Waals surface area contributed by atoms with Gasteiger partial charge in [0.05, 0.1) is 32.9 Å². The standard InChI is InChI=1S/C22H25N3O5/c1-13-18(21(26)23-15-9-7-6-8-10-15)19(24-22(27)25(13)2)14-11-16(28-3)20(30-5)17(12-14)29-4/h6-12,19H,1-5H3,(H,23,26)(H,24,27). The normalized spacial score (nSPS) is 16.1. The zero-order valence-corrected chi connectivity index (χ0v) is 17.6. The van der Waals surface area contributed by atoms with Gasteiger partial charge in [-0.15, -0.1) is 0 Å². The molecular formula is C22H25N3O5. The van der Waals surface area contributed by atoms with Crippen molar-refractivity contribution in [3.05, 3.63) is 59.3 Å². The molecule has 2 N–H and O–H groups in total. The van der Waals surface area contributed by atoms with Crippen molar-refractivity contribution >= 4 is 17.6 Å². The number of urea groups is 1. The number of allylic oxidation sites excluding steroid dienone is 1. The molecule has 0 fully saturated rings. The minimum atomic E-state index is -0.703. The third-order valence-electron chi connectivity index (χ3n) is 5.05. The highest BCUT2D eigenvalue weighted by molar-refractivity contribution is 6.06. The predicted molar refractivity (Wildman–Crippen MR) is 113 cm³/mol. The lowest BCUT2D eigenvalue weighted by molar-refractivity contribution is -0.113. The molecule has 1 atom stereocenters. The number of carbonyl (C=O) groups is 2. The van der Waals surface area contributed by atoms with Crippen LogP contribution >= 0.6 is 0 Å². The molecule has 30 heavy (non-hydrogen) atoms. The fourth-order valence-electron chi connectivity index (χ4n) is 3.37. The molecule has 0 spiro atoms. The molecule has 158 valence electrons. The third kappa shape index (κ3) is 3.89. The molecule has 8 nitrogen and oxygen atoms in total. The maximum atomic E-state index is 13.2. The van der Waals surface area contributed by atoms with Crippen LogP contribution in [0.5, 0.6) is 17.2 Å². The van der Waals surface area contributed by atoms with Crippen LogP contribution in [0.3, 0.4) is 0 Å². The van der Waals surface area contributed by atoms with E-state index in [-0.39, 0.29) is 11.9 Å². The van der Waals surface area contributed by atoms with Crippen molar-refractivity contribution in [3.8, 4) is 17.2 Å². The van der Waals surface area contributed by atoms with Crippen LogP contribution in [0, 0.1) is 0 Å². The smallest absolute Gasteiger partial charge is 0.322 e. The van der Waals surface area contributed by atoms with Gasteiger partial charge in [-0.25, -0.2) is 4.79 Å². The van der Waals surface area contributed by atoms with Crippen molar-refractivity contribution in [2.45, 2.75) is 13.0 Å². The Hall–Kier alpha value is -3.68. The van der Waals surface area contributed by atoms with Crippen molar-refractivity contribution in [1.29, 1.82) is 0 Å². The lowest BCUT2D eigenvalue weighted by Crippen LogP contribution is -2.46. The highest BCUT2D eigenvalue weighted by Crippen LogP contribution is 2.42. The van der Waals surface area contributed by atoms with Crippen LogP contribution in [-0.2, 0) is 4.79 Å². The van der Waals surface area contributed by atoms with Crippen LogP contribution in [0.25, 0.3) is 0 Å². The number of hydrogen-bond donors (Lipinski definition) is 2. The summed E-state index contributed by atoms with van der Waals surface area (Å²) in [6, 6.07) is 11.6. The largest absolute Gasteiger partial charge is 0.493 e. The van der Waals surface area contributed by atoms with Crippen molar-refractivity contribution in [3.63, 3.8) is 0 Å².